The molecular weight excluding hydrogens is 841 g/mol. The van der Waals surface area contributed by atoms with Crippen molar-refractivity contribution in [2.24, 2.45) is 11.8 Å². The number of benzene rings is 1. The number of alkyl carbamates (subject to hydrolysis) is 2. The van der Waals surface area contributed by atoms with Gasteiger partial charge in [0.2, 0.25) is 23.6 Å². The van der Waals surface area contributed by atoms with Gasteiger partial charge in [0.15, 0.2) is 0 Å². The van der Waals surface area contributed by atoms with Crippen LogP contribution in [-0.2, 0) is 52.3 Å². The summed E-state index contributed by atoms with van der Waals surface area (Å²) in [6, 6.07) is 0.872. The Morgan fingerprint density at radius 1 is 0.621 bits per heavy atom. The first-order valence-corrected chi connectivity index (χ1v) is 23.3. The van der Waals surface area contributed by atoms with Crippen molar-refractivity contribution in [1.29, 1.82) is 0 Å². The molecule has 4 atom stereocenters. The Kier molecular flexibility index (Phi) is 13.8. The average molecular weight is 907 g/mol. The van der Waals surface area contributed by atoms with Crippen molar-refractivity contribution >= 4 is 47.2 Å². The summed E-state index contributed by atoms with van der Waals surface area (Å²) >= 11 is 0. The largest absolute Gasteiger partial charge is 0.453 e. The highest BCUT2D eigenvalue weighted by atomic mass is 16.5. The first-order chi connectivity index (χ1) is 31.3. The Bertz CT molecular complexity index is 2250. The number of ether oxygens (including phenoxy) is 2. The van der Waals surface area contributed by atoms with Gasteiger partial charge in [-0.05, 0) is 120 Å². The number of pyridine rings is 2. The topological polar surface area (TPSA) is 201 Å². The van der Waals surface area contributed by atoms with Gasteiger partial charge in [-0.25, -0.2) is 9.59 Å². The number of carbonyl (C=O) groups excluding carboxylic acids is 6. The van der Waals surface area contributed by atoms with Crippen LogP contribution in [0.25, 0.3) is 22.3 Å². The molecule has 66 heavy (non-hydrogen) atoms. The molecule has 2 saturated heterocycles. The third kappa shape index (κ3) is 9.32. The van der Waals surface area contributed by atoms with Gasteiger partial charge in [-0.15, -0.1) is 0 Å². The number of carbonyl (C=O) groups is 6. The molecule has 6 amide bonds. The van der Waals surface area contributed by atoms with E-state index in [1.54, 1.807) is 22.2 Å². The van der Waals surface area contributed by atoms with E-state index in [0.29, 0.717) is 50.1 Å². The van der Waals surface area contributed by atoms with Crippen molar-refractivity contribution in [1.82, 2.24) is 30.4 Å². The Labute approximate surface area is 387 Å². The summed E-state index contributed by atoms with van der Waals surface area (Å²) in [5.74, 6) is -1.71. The first kappa shape index (κ1) is 47.9. The van der Waals surface area contributed by atoms with E-state index in [-0.39, 0.29) is 46.3 Å². The molecule has 4 N–H and O–H groups in total. The lowest BCUT2D eigenvalue weighted by molar-refractivity contribution is -0.139. The predicted molar refractivity (Wildman–Crippen MR) is 251 cm³/mol. The molecule has 16 heteroatoms. The van der Waals surface area contributed by atoms with Crippen LogP contribution in [0.15, 0.2) is 36.9 Å². The number of amides is 6. The summed E-state index contributed by atoms with van der Waals surface area (Å²) in [7, 11) is 2.50. The lowest BCUT2D eigenvalue weighted by Gasteiger charge is -2.31. The van der Waals surface area contributed by atoms with Crippen LogP contribution in [-0.4, -0.2) is 107 Å². The molecule has 0 unspecified atom stereocenters. The van der Waals surface area contributed by atoms with Gasteiger partial charge in [0, 0.05) is 36.6 Å². The highest BCUT2D eigenvalue weighted by molar-refractivity contribution is 6.00. The number of rotatable bonds is 12. The number of nitrogens with zero attached hydrogens (tertiary/aromatic N) is 4. The monoisotopic (exact) mass is 907 g/mol. The van der Waals surface area contributed by atoms with Gasteiger partial charge in [0.1, 0.15) is 24.2 Å². The van der Waals surface area contributed by atoms with Crippen LogP contribution in [0.3, 0.4) is 0 Å². The van der Waals surface area contributed by atoms with E-state index in [4.69, 9.17) is 9.47 Å². The van der Waals surface area contributed by atoms with Gasteiger partial charge in [-0.3, -0.25) is 29.1 Å². The number of aromatic nitrogens is 2. The van der Waals surface area contributed by atoms with E-state index in [0.717, 1.165) is 47.9 Å². The van der Waals surface area contributed by atoms with Gasteiger partial charge < -0.3 is 40.5 Å². The van der Waals surface area contributed by atoms with Gasteiger partial charge in [0.05, 0.1) is 38.0 Å². The van der Waals surface area contributed by atoms with Crippen LogP contribution >= 0.6 is 0 Å². The van der Waals surface area contributed by atoms with Gasteiger partial charge >= 0.3 is 12.2 Å². The number of fused-ring (bicyclic) bond motifs is 2. The maximum atomic E-state index is 14.0. The van der Waals surface area contributed by atoms with E-state index in [1.807, 2.05) is 52.2 Å². The van der Waals surface area contributed by atoms with E-state index < -0.39 is 36.4 Å². The second kappa shape index (κ2) is 19.0. The Morgan fingerprint density at radius 2 is 1.00 bits per heavy atom. The molecule has 7 rings (SSSR count). The summed E-state index contributed by atoms with van der Waals surface area (Å²) in [5.41, 5.74) is 9.65. The highest BCUT2D eigenvalue weighted by Gasteiger charge is 2.44. The highest BCUT2D eigenvalue weighted by Crippen LogP contribution is 2.56. The number of hydrogen-bond donors (Lipinski definition) is 4. The van der Waals surface area contributed by atoms with E-state index in [2.05, 4.69) is 58.9 Å². The average Bonchev–Trinajstić information content (AvgIpc) is 4.09. The summed E-state index contributed by atoms with van der Waals surface area (Å²) in [4.78, 5) is 92.2. The third-order valence-electron chi connectivity index (χ3n) is 14.1. The normalized spacial score (nSPS) is 20.1. The van der Waals surface area contributed by atoms with Crippen LogP contribution in [0.4, 0.5) is 21.0 Å². The minimum absolute atomic E-state index is 0.204. The third-order valence-corrected chi connectivity index (χ3v) is 14.1. The standard InChI is InChI=1S/C50H66N8O8/c1-27(2)41(55-47(63)65-9)45(61)57-19-11-13-35(57)43(59)53-31-21-29(23-51-25-31)37-33-15-17-50(7,8)40(33)38(34-16-18-49(5,6)39(34)37)30-22-32(26-52-24-30)54-44(60)36-14-12-20-58(36)46(62)42(28(3)4)56-48(64)66-10/h21-28,35-36,41-42H,11-20H2,1-10H3,(H,53,59)(H,54,60)(H,55,63)(H,56,64)/t35-,36-,41-,42-/m0/s1. The fourth-order valence-corrected chi connectivity index (χ4v) is 10.7. The molecule has 354 valence electrons. The maximum absolute atomic E-state index is 14.0. The number of hydrogen-bond acceptors (Lipinski definition) is 10. The van der Waals surface area contributed by atoms with Crippen molar-refractivity contribution in [3.05, 3.63) is 59.2 Å². The minimum atomic E-state index is -0.838. The first-order valence-electron chi connectivity index (χ1n) is 23.3. The fourth-order valence-electron chi connectivity index (χ4n) is 10.7. The predicted octanol–water partition coefficient (Wildman–Crippen LogP) is 6.88. The quantitative estimate of drug-likeness (QED) is 0.149. The van der Waals surface area contributed by atoms with Crippen LogP contribution in [0.5, 0.6) is 0 Å². The fraction of sp³-hybridized carbons (Fsp3) is 0.560. The molecule has 2 aliphatic heterocycles. The number of likely N-dealkylation sites (tertiary alicyclic amines) is 2. The molecule has 2 aromatic heterocycles. The molecule has 3 aromatic rings. The van der Waals surface area contributed by atoms with Crippen molar-refractivity contribution in [3.63, 3.8) is 0 Å². The van der Waals surface area contributed by atoms with Crippen molar-refractivity contribution in [2.45, 2.75) is 142 Å². The second-order valence-corrected chi connectivity index (χ2v) is 20.2. The van der Waals surface area contributed by atoms with Crippen LogP contribution in [0.2, 0.25) is 0 Å². The van der Waals surface area contributed by atoms with Crippen LogP contribution in [0.1, 0.15) is 116 Å². The summed E-state index contributed by atoms with van der Waals surface area (Å²) in [6.07, 6.45) is 11.4. The second-order valence-electron chi connectivity index (χ2n) is 20.2. The number of methoxy groups -OCH3 is 2. The SMILES string of the molecule is COC(=O)N[C@H](C(=O)N1CCC[C@H]1C(=O)Nc1cncc(-c2c3c(c(-c4cncc(NC(=O)[C@@H]5CCCN5C(=O)[C@@H](NC(=O)OC)C(C)C)c4)c4c2C(C)(C)CC4)C(C)(C)CC3)c1)C(C)C. The summed E-state index contributed by atoms with van der Waals surface area (Å²) in [5, 5.41) is 11.5. The molecule has 16 nitrogen and oxygen atoms in total. The molecule has 0 radical (unpaired) electrons. The van der Waals surface area contributed by atoms with Crippen molar-refractivity contribution < 1.29 is 38.2 Å². The molecule has 2 aliphatic carbocycles. The Balaban J connectivity index is 1.20. The molecule has 4 aliphatic rings. The number of nitrogens with one attached hydrogen (secondary N) is 4. The van der Waals surface area contributed by atoms with E-state index >= 15 is 0 Å². The summed E-state index contributed by atoms with van der Waals surface area (Å²) < 4.78 is 9.54. The van der Waals surface area contributed by atoms with Crippen molar-refractivity contribution in [3.8, 4) is 22.3 Å². The molecule has 2 fully saturated rings. The van der Waals surface area contributed by atoms with E-state index in [1.165, 1.54) is 36.5 Å². The lowest BCUT2D eigenvalue weighted by Crippen LogP contribution is -2.54. The minimum Gasteiger partial charge on any atom is -0.453 e. The molecular formula is C50H66N8O8. The molecule has 0 bridgehead atoms. The van der Waals surface area contributed by atoms with E-state index in [9.17, 15) is 28.8 Å². The summed E-state index contributed by atoms with van der Waals surface area (Å²) in [6.45, 7) is 17.3. The molecule has 4 heterocycles. The van der Waals surface area contributed by atoms with Crippen LogP contribution < -0.4 is 21.3 Å². The zero-order valence-corrected chi connectivity index (χ0v) is 40.1. The molecule has 0 saturated carbocycles. The zero-order chi connectivity index (χ0) is 47.8. The molecule has 1 aromatic carbocycles. The lowest BCUT2D eigenvalue weighted by atomic mass is 9.74. The van der Waals surface area contributed by atoms with Gasteiger partial charge in [-0.2, -0.15) is 0 Å². The smallest absolute Gasteiger partial charge is 0.407 e. The van der Waals surface area contributed by atoms with Crippen molar-refractivity contribution in [2.75, 3.05) is 37.9 Å². The Morgan fingerprint density at radius 3 is 1.35 bits per heavy atom. The number of anilines is 2. The van der Waals surface area contributed by atoms with Crippen LogP contribution in [0, 0.1) is 11.8 Å². The zero-order valence-electron chi connectivity index (χ0n) is 40.1. The van der Waals surface area contributed by atoms with Gasteiger partial charge in [-0.1, -0.05) is 55.4 Å². The maximum Gasteiger partial charge on any atom is 0.407 e. The molecule has 0 spiro atoms. The van der Waals surface area contributed by atoms with Gasteiger partial charge in [0.25, 0.3) is 0 Å². The Hall–Kier alpha value is -6.06.